The lowest BCUT2D eigenvalue weighted by molar-refractivity contribution is 0.247. The van der Waals surface area contributed by atoms with Crippen molar-refractivity contribution in [3.8, 4) is 0 Å². The molecule has 0 saturated carbocycles. The van der Waals surface area contributed by atoms with Gasteiger partial charge in [-0.2, -0.15) is 0 Å². The minimum Gasteiger partial charge on any atom is -0.335 e. The normalized spacial score (nSPS) is 10.4. The monoisotopic (exact) mass is 274 g/mol. The topological polar surface area (TPSA) is 41.1 Å². The van der Waals surface area contributed by atoms with Crippen molar-refractivity contribution in [3.63, 3.8) is 0 Å². The highest BCUT2D eigenvalue weighted by Crippen LogP contribution is 2.29. The molecule has 0 heterocycles. The van der Waals surface area contributed by atoms with Crippen molar-refractivity contribution < 1.29 is 4.79 Å². The van der Waals surface area contributed by atoms with Crippen LogP contribution >= 0.6 is 23.2 Å². The van der Waals surface area contributed by atoms with Crippen LogP contribution in [0.2, 0.25) is 10.0 Å². The van der Waals surface area contributed by atoms with Gasteiger partial charge in [0.25, 0.3) is 0 Å². The lowest BCUT2D eigenvalue weighted by Gasteiger charge is -2.16. The van der Waals surface area contributed by atoms with E-state index in [0.717, 1.165) is 12.8 Å². The van der Waals surface area contributed by atoms with Gasteiger partial charge in [0.1, 0.15) is 0 Å². The van der Waals surface area contributed by atoms with Crippen LogP contribution in [-0.2, 0) is 0 Å². The zero-order valence-electron chi connectivity index (χ0n) is 9.89. The SMILES string of the molecule is CCC(CC)NC(=O)Nc1cccc(Cl)c1Cl. The molecule has 0 atom stereocenters. The van der Waals surface area contributed by atoms with Crippen LogP contribution in [-0.4, -0.2) is 12.1 Å². The predicted molar refractivity (Wildman–Crippen MR) is 73.0 cm³/mol. The predicted octanol–water partition coefficient (Wildman–Crippen LogP) is 4.30. The number of carbonyl (C=O) groups excluding carboxylic acids is 1. The summed E-state index contributed by atoms with van der Waals surface area (Å²) in [5, 5.41) is 6.32. The molecule has 17 heavy (non-hydrogen) atoms. The van der Waals surface area contributed by atoms with Gasteiger partial charge >= 0.3 is 6.03 Å². The molecule has 94 valence electrons. The zero-order chi connectivity index (χ0) is 12.8. The molecular formula is C12H16Cl2N2O. The summed E-state index contributed by atoms with van der Waals surface area (Å²) in [4.78, 5) is 11.7. The Morgan fingerprint density at radius 2 is 1.94 bits per heavy atom. The van der Waals surface area contributed by atoms with Crippen LogP contribution in [0.5, 0.6) is 0 Å². The molecule has 0 fully saturated rings. The number of urea groups is 1. The standard InChI is InChI=1S/C12H16Cl2N2O/c1-3-8(4-2)15-12(17)16-10-7-5-6-9(13)11(10)14/h5-8H,3-4H2,1-2H3,(H2,15,16,17). The van der Waals surface area contributed by atoms with Gasteiger partial charge in [-0.3, -0.25) is 0 Å². The van der Waals surface area contributed by atoms with Gasteiger partial charge in [-0.1, -0.05) is 43.1 Å². The molecule has 1 rings (SSSR count). The summed E-state index contributed by atoms with van der Waals surface area (Å²) < 4.78 is 0. The second kappa shape index (κ2) is 6.72. The van der Waals surface area contributed by atoms with Crippen LogP contribution < -0.4 is 10.6 Å². The molecule has 1 aromatic rings. The van der Waals surface area contributed by atoms with E-state index in [1.54, 1.807) is 18.2 Å². The fourth-order valence-corrected chi connectivity index (χ4v) is 1.78. The molecule has 2 N–H and O–H groups in total. The Kier molecular flexibility index (Phi) is 5.59. The highest BCUT2D eigenvalue weighted by molar-refractivity contribution is 6.43. The number of amides is 2. The van der Waals surface area contributed by atoms with E-state index in [9.17, 15) is 4.79 Å². The van der Waals surface area contributed by atoms with Crippen LogP contribution in [0.25, 0.3) is 0 Å². The average Bonchev–Trinajstić information content (AvgIpc) is 2.32. The summed E-state index contributed by atoms with van der Waals surface area (Å²) in [6.45, 7) is 4.06. The molecule has 0 saturated heterocycles. The number of benzene rings is 1. The van der Waals surface area contributed by atoms with E-state index >= 15 is 0 Å². The molecule has 5 heteroatoms. The van der Waals surface area contributed by atoms with E-state index in [-0.39, 0.29) is 12.1 Å². The van der Waals surface area contributed by atoms with E-state index < -0.39 is 0 Å². The summed E-state index contributed by atoms with van der Waals surface area (Å²) >= 11 is 11.8. The fraction of sp³-hybridized carbons (Fsp3) is 0.417. The van der Waals surface area contributed by atoms with Gasteiger partial charge < -0.3 is 10.6 Å². The Morgan fingerprint density at radius 3 is 2.53 bits per heavy atom. The molecule has 0 aliphatic carbocycles. The maximum atomic E-state index is 11.7. The maximum absolute atomic E-state index is 11.7. The van der Waals surface area contributed by atoms with E-state index in [2.05, 4.69) is 10.6 Å². The average molecular weight is 275 g/mol. The Labute approximate surface area is 111 Å². The third-order valence-electron chi connectivity index (χ3n) is 2.52. The Morgan fingerprint density at radius 1 is 1.29 bits per heavy atom. The lowest BCUT2D eigenvalue weighted by atomic mass is 10.2. The van der Waals surface area contributed by atoms with Gasteiger partial charge in [0.2, 0.25) is 0 Å². The summed E-state index contributed by atoms with van der Waals surface area (Å²) in [5.74, 6) is 0. The number of hydrogen-bond donors (Lipinski definition) is 2. The molecule has 3 nitrogen and oxygen atoms in total. The molecule has 0 aliphatic rings. The van der Waals surface area contributed by atoms with Gasteiger partial charge in [-0.25, -0.2) is 4.79 Å². The van der Waals surface area contributed by atoms with Gasteiger partial charge in [0.05, 0.1) is 15.7 Å². The van der Waals surface area contributed by atoms with Crippen LogP contribution in [0, 0.1) is 0 Å². The van der Waals surface area contributed by atoms with E-state index in [1.807, 2.05) is 13.8 Å². The summed E-state index contributed by atoms with van der Waals surface area (Å²) in [6, 6.07) is 5.03. The van der Waals surface area contributed by atoms with Crippen molar-refractivity contribution in [2.24, 2.45) is 0 Å². The first-order valence-electron chi connectivity index (χ1n) is 5.60. The summed E-state index contributed by atoms with van der Waals surface area (Å²) in [6.07, 6.45) is 1.79. The Bertz CT molecular complexity index is 392. The molecule has 2 amide bonds. The smallest absolute Gasteiger partial charge is 0.319 e. The number of rotatable bonds is 4. The zero-order valence-corrected chi connectivity index (χ0v) is 11.4. The molecule has 0 radical (unpaired) electrons. The largest absolute Gasteiger partial charge is 0.335 e. The van der Waals surface area contributed by atoms with Crippen molar-refractivity contribution in [2.45, 2.75) is 32.7 Å². The highest BCUT2D eigenvalue weighted by Gasteiger charge is 2.10. The third-order valence-corrected chi connectivity index (χ3v) is 3.34. The summed E-state index contributed by atoms with van der Waals surface area (Å²) in [7, 11) is 0. The Balaban J connectivity index is 2.65. The molecule has 0 aliphatic heterocycles. The van der Waals surface area contributed by atoms with Crippen molar-refractivity contribution in [1.82, 2.24) is 5.32 Å². The number of halogens is 2. The summed E-state index contributed by atoms with van der Waals surface area (Å²) in [5.41, 5.74) is 0.516. The fourth-order valence-electron chi connectivity index (χ4n) is 1.44. The number of anilines is 1. The van der Waals surface area contributed by atoms with Crippen LogP contribution in [0.1, 0.15) is 26.7 Å². The number of hydrogen-bond acceptors (Lipinski definition) is 1. The van der Waals surface area contributed by atoms with Crippen LogP contribution in [0.15, 0.2) is 18.2 Å². The molecular weight excluding hydrogens is 259 g/mol. The third kappa shape index (κ3) is 4.10. The first kappa shape index (κ1) is 14.1. The first-order valence-corrected chi connectivity index (χ1v) is 6.35. The van der Waals surface area contributed by atoms with E-state index in [4.69, 9.17) is 23.2 Å². The van der Waals surface area contributed by atoms with Crippen molar-refractivity contribution in [1.29, 1.82) is 0 Å². The molecule has 0 spiro atoms. The number of nitrogens with one attached hydrogen (secondary N) is 2. The minimum atomic E-state index is -0.261. The molecule has 1 aromatic carbocycles. The highest BCUT2D eigenvalue weighted by atomic mass is 35.5. The van der Waals surface area contributed by atoms with Crippen molar-refractivity contribution in [2.75, 3.05) is 5.32 Å². The second-order valence-electron chi connectivity index (χ2n) is 3.71. The van der Waals surface area contributed by atoms with Gasteiger partial charge in [0, 0.05) is 6.04 Å². The van der Waals surface area contributed by atoms with E-state index in [0.29, 0.717) is 15.7 Å². The lowest BCUT2D eigenvalue weighted by Crippen LogP contribution is -2.37. The van der Waals surface area contributed by atoms with Gasteiger partial charge in [-0.05, 0) is 25.0 Å². The van der Waals surface area contributed by atoms with Crippen LogP contribution in [0.4, 0.5) is 10.5 Å². The number of carbonyl (C=O) groups is 1. The van der Waals surface area contributed by atoms with E-state index in [1.165, 1.54) is 0 Å². The van der Waals surface area contributed by atoms with Gasteiger partial charge in [0.15, 0.2) is 0 Å². The minimum absolute atomic E-state index is 0.174. The molecule has 0 bridgehead atoms. The maximum Gasteiger partial charge on any atom is 0.319 e. The first-order chi connectivity index (χ1) is 8.08. The molecule has 0 aromatic heterocycles. The van der Waals surface area contributed by atoms with Crippen molar-refractivity contribution >= 4 is 34.9 Å². The second-order valence-corrected chi connectivity index (χ2v) is 4.50. The van der Waals surface area contributed by atoms with Crippen LogP contribution in [0.3, 0.4) is 0 Å². The van der Waals surface area contributed by atoms with Gasteiger partial charge in [-0.15, -0.1) is 0 Å². The molecule has 0 unspecified atom stereocenters. The van der Waals surface area contributed by atoms with Crippen molar-refractivity contribution in [3.05, 3.63) is 28.2 Å². The Hall–Kier alpha value is -0.930. The quantitative estimate of drug-likeness (QED) is 0.844.